The van der Waals surface area contributed by atoms with Crippen LogP contribution in [-0.4, -0.2) is 26.1 Å². The van der Waals surface area contributed by atoms with Crippen LogP contribution in [0.5, 0.6) is 5.75 Å². The fourth-order valence-corrected chi connectivity index (χ4v) is 3.63. The molecule has 2 amide bonds. The van der Waals surface area contributed by atoms with E-state index >= 15 is 0 Å². The number of halogens is 1. The van der Waals surface area contributed by atoms with Gasteiger partial charge in [0.05, 0.1) is 20.8 Å². The molecular weight excluding hydrogens is 424 g/mol. The topological polar surface area (TPSA) is 101 Å². The number of nitrogens with zero attached hydrogens (tertiary/aromatic N) is 2. The largest absolute Gasteiger partial charge is 0.507 e. The predicted octanol–water partition coefficient (Wildman–Crippen LogP) is 4.30. The van der Waals surface area contributed by atoms with Gasteiger partial charge >= 0.3 is 0 Å². The van der Waals surface area contributed by atoms with E-state index in [9.17, 15) is 24.8 Å². The maximum absolute atomic E-state index is 12.5. The number of para-hydroxylation sites is 1. The van der Waals surface area contributed by atoms with E-state index in [0.717, 1.165) is 16.7 Å². The van der Waals surface area contributed by atoms with Crippen LogP contribution in [-0.2, 0) is 11.3 Å². The smallest absolute Gasteiger partial charge is 0.293 e. The summed E-state index contributed by atoms with van der Waals surface area (Å²) < 4.78 is 0.463. The molecule has 1 fully saturated rings. The summed E-state index contributed by atoms with van der Waals surface area (Å²) in [7, 11) is 0. The lowest BCUT2D eigenvalue weighted by Crippen LogP contribution is -2.27. The van der Waals surface area contributed by atoms with Crippen LogP contribution in [0.25, 0.3) is 6.08 Å². The van der Waals surface area contributed by atoms with Crippen molar-refractivity contribution in [1.82, 2.24) is 4.90 Å². The molecule has 3 rings (SSSR count). The number of carbonyl (C=O) groups excluding carboxylic acids is 2. The number of thioether (sulfide) groups is 1. The molecule has 1 aliphatic heterocycles. The number of imide groups is 1. The summed E-state index contributed by atoms with van der Waals surface area (Å²) in [5.74, 6) is -0.450. The lowest BCUT2D eigenvalue weighted by atomic mass is 10.1. The van der Waals surface area contributed by atoms with Gasteiger partial charge in [-0.05, 0) is 51.5 Å². The second-order valence-electron chi connectivity index (χ2n) is 5.36. The highest BCUT2D eigenvalue weighted by Gasteiger charge is 2.36. The Morgan fingerprint density at radius 1 is 1.23 bits per heavy atom. The first-order valence-corrected chi connectivity index (χ1v) is 8.94. The van der Waals surface area contributed by atoms with Crippen molar-refractivity contribution in [1.29, 1.82) is 0 Å². The van der Waals surface area contributed by atoms with Crippen molar-refractivity contribution in [2.75, 3.05) is 0 Å². The van der Waals surface area contributed by atoms with Crippen molar-refractivity contribution in [2.45, 2.75) is 6.54 Å². The molecule has 2 aromatic carbocycles. The van der Waals surface area contributed by atoms with Crippen LogP contribution in [0.2, 0.25) is 0 Å². The van der Waals surface area contributed by atoms with Crippen LogP contribution >= 0.6 is 27.7 Å². The van der Waals surface area contributed by atoms with Crippen LogP contribution < -0.4 is 0 Å². The SMILES string of the molecule is O=C1S/C(=C\c2ccc(O)c(Br)c2)C(=O)N1Cc1ccccc1[N+](=O)[O-]. The van der Waals surface area contributed by atoms with Crippen LogP contribution in [0.1, 0.15) is 11.1 Å². The number of nitro benzene ring substituents is 1. The van der Waals surface area contributed by atoms with Gasteiger partial charge in [-0.3, -0.25) is 24.6 Å². The number of amides is 2. The van der Waals surface area contributed by atoms with Crippen molar-refractivity contribution in [3.05, 3.63) is 73.1 Å². The summed E-state index contributed by atoms with van der Waals surface area (Å²) in [6.45, 7) is -0.168. The lowest BCUT2D eigenvalue weighted by Gasteiger charge is -2.12. The normalized spacial score (nSPS) is 15.7. The minimum atomic E-state index is -0.543. The summed E-state index contributed by atoms with van der Waals surface area (Å²) >= 11 is 3.96. The van der Waals surface area contributed by atoms with Crippen molar-refractivity contribution < 1.29 is 19.6 Å². The average molecular weight is 435 g/mol. The highest BCUT2D eigenvalue weighted by molar-refractivity contribution is 9.10. The highest BCUT2D eigenvalue weighted by atomic mass is 79.9. The molecular formula is C17H11BrN2O5S. The monoisotopic (exact) mass is 434 g/mol. The molecule has 0 bridgehead atoms. The van der Waals surface area contributed by atoms with Gasteiger partial charge in [0.2, 0.25) is 0 Å². The van der Waals surface area contributed by atoms with Gasteiger partial charge in [-0.1, -0.05) is 24.3 Å². The van der Waals surface area contributed by atoms with Gasteiger partial charge in [-0.15, -0.1) is 0 Å². The number of aromatic hydroxyl groups is 1. The van der Waals surface area contributed by atoms with E-state index in [0.29, 0.717) is 10.0 Å². The van der Waals surface area contributed by atoms with Gasteiger partial charge in [0.1, 0.15) is 5.75 Å². The van der Waals surface area contributed by atoms with Gasteiger partial charge in [-0.25, -0.2) is 0 Å². The summed E-state index contributed by atoms with van der Waals surface area (Å²) in [4.78, 5) is 36.5. The zero-order chi connectivity index (χ0) is 18.8. The minimum Gasteiger partial charge on any atom is -0.507 e. The van der Waals surface area contributed by atoms with E-state index in [-0.39, 0.29) is 28.5 Å². The number of phenolic OH excluding ortho intramolecular Hbond substituents is 1. The molecule has 1 aliphatic rings. The number of rotatable bonds is 4. The fraction of sp³-hybridized carbons (Fsp3) is 0.0588. The minimum absolute atomic E-state index is 0.0617. The van der Waals surface area contributed by atoms with E-state index in [2.05, 4.69) is 15.9 Å². The molecule has 0 atom stereocenters. The number of carbonyl (C=O) groups is 2. The molecule has 2 aromatic rings. The number of nitro groups is 1. The van der Waals surface area contributed by atoms with E-state index in [1.54, 1.807) is 18.2 Å². The maximum Gasteiger partial charge on any atom is 0.293 e. The Labute approximate surface area is 160 Å². The third-order valence-electron chi connectivity index (χ3n) is 3.66. The highest BCUT2D eigenvalue weighted by Crippen LogP contribution is 2.35. The Balaban J connectivity index is 1.87. The van der Waals surface area contributed by atoms with E-state index in [1.807, 2.05) is 0 Å². The lowest BCUT2D eigenvalue weighted by molar-refractivity contribution is -0.385. The molecule has 132 valence electrons. The Bertz CT molecular complexity index is 960. The average Bonchev–Trinajstić information content (AvgIpc) is 2.86. The molecule has 0 saturated carbocycles. The Morgan fingerprint density at radius 2 is 1.96 bits per heavy atom. The number of hydrogen-bond donors (Lipinski definition) is 1. The maximum atomic E-state index is 12.5. The molecule has 26 heavy (non-hydrogen) atoms. The van der Waals surface area contributed by atoms with Crippen LogP contribution in [0.3, 0.4) is 0 Å². The summed E-state index contributed by atoms with van der Waals surface area (Å²) in [6, 6.07) is 10.7. The van der Waals surface area contributed by atoms with Gasteiger partial charge in [0.15, 0.2) is 0 Å². The van der Waals surface area contributed by atoms with Gasteiger partial charge < -0.3 is 5.11 Å². The van der Waals surface area contributed by atoms with E-state index in [1.165, 1.54) is 30.3 Å². The molecule has 0 spiro atoms. The standard InChI is InChI=1S/C17H11BrN2O5S/c18-12-7-10(5-6-14(12)21)8-15-16(22)19(17(23)26-15)9-11-3-1-2-4-13(11)20(24)25/h1-8,21H,9H2/b15-8-. The van der Waals surface area contributed by atoms with Gasteiger partial charge in [0.25, 0.3) is 16.8 Å². The van der Waals surface area contributed by atoms with E-state index < -0.39 is 16.1 Å². The van der Waals surface area contributed by atoms with E-state index in [4.69, 9.17) is 0 Å². The second-order valence-corrected chi connectivity index (χ2v) is 7.21. The van der Waals surface area contributed by atoms with Crippen molar-refractivity contribution in [3.8, 4) is 5.75 Å². The quantitative estimate of drug-likeness (QED) is 0.437. The molecule has 7 nitrogen and oxygen atoms in total. The third kappa shape index (κ3) is 3.63. The third-order valence-corrected chi connectivity index (χ3v) is 5.20. The first-order valence-electron chi connectivity index (χ1n) is 7.33. The van der Waals surface area contributed by atoms with Crippen LogP contribution in [0, 0.1) is 10.1 Å². The summed E-state index contributed by atoms with van der Waals surface area (Å²) in [5.41, 5.74) is 0.775. The van der Waals surface area contributed by atoms with Crippen molar-refractivity contribution in [2.24, 2.45) is 0 Å². The Kier molecular flexibility index (Phi) is 5.10. The first kappa shape index (κ1) is 18.2. The molecule has 0 aliphatic carbocycles. The molecule has 0 radical (unpaired) electrons. The first-order chi connectivity index (χ1) is 12.4. The number of phenols is 1. The second kappa shape index (κ2) is 7.30. The van der Waals surface area contributed by atoms with Crippen molar-refractivity contribution in [3.63, 3.8) is 0 Å². The molecule has 1 saturated heterocycles. The Hall–Kier alpha value is -2.65. The molecule has 9 heteroatoms. The number of benzene rings is 2. The fourth-order valence-electron chi connectivity index (χ4n) is 2.39. The molecule has 1 heterocycles. The van der Waals surface area contributed by atoms with Crippen molar-refractivity contribution >= 4 is 50.6 Å². The van der Waals surface area contributed by atoms with Gasteiger partial charge in [0, 0.05) is 11.6 Å². The number of hydrogen-bond acceptors (Lipinski definition) is 6. The molecule has 0 unspecified atom stereocenters. The zero-order valence-corrected chi connectivity index (χ0v) is 15.5. The van der Waals surface area contributed by atoms with Crippen LogP contribution in [0.15, 0.2) is 51.8 Å². The van der Waals surface area contributed by atoms with Crippen LogP contribution in [0.4, 0.5) is 10.5 Å². The predicted molar refractivity (Wildman–Crippen MR) is 100 cm³/mol. The Morgan fingerprint density at radius 3 is 2.65 bits per heavy atom. The zero-order valence-electron chi connectivity index (χ0n) is 13.1. The molecule has 0 aromatic heterocycles. The summed E-state index contributed by atoms with van der Waals surface area (Å²) in [5, 5.41) is 20.1. The molecule has 1 N–H and O–H groups in total. The summed E-state index contributed by atoms with van der Waals surface area (Å²) in [6.07, 6.45) is 1.54. The van der Waals surface area contributed by atoms with Gasteiger partial charge in [-0.2, -0.15) is 0 Å².